The van der Waals surface area contributed by atoms with Crippen LogP contribution < -0.4 is 10.1 Å². The lowest BCUT2D eigenvalue weighted by Gasteiger charge is -2.22. The molecule has 32 heavy (non-hydrogen) atoms. The number of halogens is 3. The number of hydrogen-bond acceptors (Lipinski definition) is 6. The molecule has 4 rings (SSSR count). The standard InChI is InChI=1S/C22H23F3N4O3/c1-3-32-18(30)9-12-4-6-15-14(8-12)19-20(28-15)26-11-27-21(19)29-16-10-13(22(23,24)25)5-7-17(16)31-2/h5,7,10-12H,3-4,6,8-9H2,1-2H3,(H2,26,27,28,29). The Kier molecular flexibility index (Phi) is 5.94. The summed E-state index contributed by atoms with van der Waals surface area (Å²) in [6, 6.07) is 3.23. The molecular weight excluding hydrogens is 425 g/mol. The van der Waals surface area contributed by atoms with Gasteiger partial charge in [0.15, 0.2) is 0 Å². The SMILES string of the molecule is CCOC(=O)CC1CCc2[nH]c3ncnc(Nc4cc(C(F)(F)F)ccc4OC)c3c2C1. The molecule has 1 unspecified atom stereocenters. The number of aromatic amines is 1. The molecule has 1 aliphatic rings. The molecule has 10 heteroatoms. The van der Waals surface area contributed by atoms with Crippen molar-refractivity contribution in [2.24, 2.45) is 5.92 Å². The Bertz CT molecular complexity index is 1140. The lowest BCUT2D eigenvalue weighted by Crippen LogP contribution is -2.18. The number of esters is 1. The molecular formula is C22H23F3N4O3. The number of aryl methyl sites for hydroxylation is 1. The van der Waals surface area contributed by atoms with Crippen LogP contribution in [-0.4, -0.2) is 34.6 Å². The van der Waals surface area contributed by atoms with Gasteiger partial charge in [-0.25, -0.2) is 9.97 Å². The van der Waals surface area contributed by atoms with Crippen molar-refractivity contribution in [3.63, 3.8) is 0 Å². The molecule has 0 bridgehead atoms. The molecule has 1 atom stereocenters. The zero-order valence-electron chi connectivity index (χ0n) is 17.7. The smallest absolute Gasteiger partial charge is 0.416 e. The van der Waals surface area contributed by atoms with Gasteiger partial charge in [0.05, 0.1) is 30.4 Å². The number of hydrogen-bond donors (Lipinski definition) is 2. The Morgan fingerprint density at radius 3 is 2.84 bits per heavy atom. The van der Waals surface area contributed by atoms with Crippen LogP contribution in [0.4, 0.5) is 24.7 Å². The van der Waals surface area contributed by atoms with Crippen molar-refractivity contribution in [3.8, 4) is 5.75 Å². The third-order valence-electron chi connectivity index (χ3n) is 5.62. The Hall–Kier alpha value is -3.30. The number of benzene rings is 1. The van der Waals surface area contributed by atoms with E-state index in [1.54, 1.807) is 6.92 Å². The van der Waals surface area contributed by atoms with Crippen LogP contribution in [0.3, 0.4) is 0 Å². The first kappa shape index (κ1) is 21.9. The van der Waals surface area contributed by atoms with E-state index >= 15 is 0 Å². The summed E-state index contributed by atoms with van der Waals surface area (Å²) in [5.41, 5.74) is 1.91. The second-order valence-corrected chi connectivity index (χ2v) is 7.68. The molecule has 1 aromatic carbocycles. The molecule has 7 nitrogen and oxygen atoms in total. The Balaban J connectivity index is 1.70. The summed E-state index contributed by atoms with van der Waals surface area (Å²) < 4.78 is 50.0. The Morgan fingerprint density at radius 1 is 1.31 bits per heavy atom. The highest BCUT2D eigenvalue weighted by atomic mass is 19.4. The monoisotopic (exact) mass is 448 g/mol. The van der Waals surface area contributed by atoms with Crippen molar-refractivity contribution in [3.05, 3.63) is 41.3 Å². The molecule has 2 N–H and O–H groups in total. The molecule has 0 aliphatic heterocycles. The molecule has 0 amide bonds. The van der Waals surface area contributed by atoms with Gasteiger partial charge in [-0.05, 0) is 55.9 Å². The molecule has 2 heterocycles. The maximum Gasteiger partial charge on any atom is 0.416 e. The number of H-pyrrole nitrogens is 1. The van der Waals surface area contributed by atoms with Gasteiger partial charge in [0.1, 0.15) is 23.5 Å². The predicted octanol–water partition coefficient (Wildman–Crippen LogP) is 4.79. The molecule has 3 aromatic rings. The average molecular weight is 448 g/mol. The fraction of sp³-hybridized carbons (Fsp3) is 0.409. The van der Waals surface area contributed by atoms with Crippen LogP contribution in [0.1, 0.15) is 36.6 Å². The molecule has 0 saturated carbocycles. The summed E-state index contributed by atoms with van der Waals surface area (Å²) >= 11 is 0. The fourth-order valence-corrected chi connectivity index (χ4v) is 4.15. The van der Waals surface area contributed by atoms with E-state index in [0.29, 0.717) is 36.3 Å². The Morgan fingerprint density at radius 2 is 2.12 bits per heavy atom. The highest BCUT2D eigenvalue weighted by Crippen LogP contribution is 2.39. The first-order valence-electron chi connectivity index (χ1n) is 10.3. The number of ether oxygens (including phenoxy) is 2. The van der Waals surface area contributed by atoms with Gasteiger partial charge in [0.2, 0.25) is 0 Å². The summed E-state index contributed by atoms with van der Waals surface area (Å²) in [6.07, 6.45) is -0.633. The van der Waals surface area contributed by atoms with Crippen LogP contribution in [0.5, 0.6) is 5.75 Å². The van der Waals surface area contributed by atoms with Crippen molar-refractivity contribution in [2.45, 2.75) is 38.8 Å². The van der Waals surface area contributed by atoms with Gasteiger partial charge in [-0.3, -0.25) is 4.79 Å². The zero-order valence-corrected chi connectivity index (χ0v) is 17.7. The molecule has 0 fully saturated rings. The minimum atomic E-state index is -4.49. The van der Waals surface area contributed by atoms with Crippen molar-refractivity contribution >= 4 is 28.5 Å². The van der Waals surface area contributed by atoms with Gasteiger partial charge in [-0.1, -0.05) is 0 Å². The molecule has 0 spiro atoms. The predicted molar refractivity (Wildman–Crippen MR) is 112 cm³/mol. The number of carbonyl (C=O) groups excluding carboxylic acids is 1. The van der Waals surface area contributed by atoms with Crippen LogP contribution >= 0.6 is 0 Å². The third-order valence-corrected chi connectivity index (χ3v) is 5.62. The number of aromatic nitrogens is 3. The largest absolute Gasteiger partial charge is 0.495 e. The van der Waals surface area contributed by atoms with Gasteiger partial charge >= 0.3 is 12.1 Å². The highest BCUT2D eigenvalue weighted by Gasteiger charge is 2.32. The van der Waals surface area contributed by atoms with Gasteiger partial charge in [0.25, 0.3) is 0 Å². The van der Waals surface area contributed by atoms with E-state index in [2.05, 4.69) is 20.3 Å². The normalized spacial score (nSPS) is 16.0. The first-order valence-corrected chi connectivity index (χ1v) is 10.3. The second-order valence-electron chi connectivity index (χ2n) is 7.68. The highest BCUT2D eigenvalue weighted by molar-refractivity contribution is 5.93. The van der Waals surface area contributed by atoms with Crippen LogP contribution in [-0.2, 0) is 28.5 Å². The Labute approximate surface area is 182 Å². The van der Waals surface area contributed by atoms with E-state index in [1.165, 1.54) is 19.5 Å². The number of nitrogens with zero attached hydrogens (tertiary/aromatic N) is 2. The van der Waals surface area contributed by atoms with E-state index in [9.17, 15) is 18.0 Å². The minimum absolute atomic E-state index is 0.108. The van der Waals surface area contributed by atoms with Crippen molar-refractivity contribution in [1.82, 2.24) is 15.0 Å². The van der Waals surface area contributed by atoms with E-state index in [4.69, 9.17) is 9.47 Å². The summed E-state index contributed by atoms with van der Waals surface area (Å²) in [5, 5.41) is 3.71. The zero-order chi connectivity index (χ0) is 22.9. The number of methoxy groups -OCH3 is 1. The molecule has 0 radical (unpaired) electrons. The number of carbonyl (C=O) groups is 1. The minimum Gasteiger partial charge on any atom is -0.495 e. The van der Waals surface area contributed by atoms with Gasteiger partial charge in [-0.15, -0.1) is 0 Å². The first-order chi connectivity index (χ1) is 15.3. The van der Waals surface area contributed by atoms with Crippen molar-refractivity contribution in [1.29, 1.82) is 0 Å². The topological polar surface area (TPSA) is 89.1 Å². The van der Waals surface area contributed by atoms with Gasteiger partial charge in [-0.2, -0.15) is 13.2 Å². The lowest BCUT2D eigenvalue weighted by atomic mass is 9.84. The molecule has 170 valence electrons. The number of anilines is 2. The third kappa shape index (κ3) is 4.35. The van der Waals surface area contributed by atoms with Crippen LogP contribution in [0, 0.1) is 5.92 Å². The van der Waals surface area contributed by atoms with Crippen LogP contribution in [0.25, 0.3) is 11.0 Å². The summed E-state index contributed by atoms with van der Waals surface area (Å²) in [7, 11) is 1.39. The van der Waals surface area contributed by atoms with Gasteiger partial charge in [0, 0.05) is 12.1 Å². The number of fused-ring (bicyclic) bond motifs is 3. The van der Waals surface area contributed by atoms with Crippen molar-refractivity contribution < 1.29 is 27.4 Å². The maximum atomic E-state index is 13.2. The summed E-state index contributed by atoms with van der Waals surface area (Å²) in [4.78, 5) is 23.8. The lowest BCUT2D eigenvalue weighted by molar-refractivity contribution is -0.144. The quantitative estimate of drug-likeness (QED) is 0.528. The van der Waals surface area contributed by atoms with Crippen LogP contribution in [0.15, 0.2) is 24.5 Å². The van der Waals surface area contributed by atoms with E-state index in [0.717, 1.165) is 36.2 Å². The van der Waals surface area contributed by atoms with E-state index in [-0.39, 0.29) is 23.3 Å². The van der Waals surface area contributed by atoms with Crippen LogP contribution in [0.2, 0.25) is 0 Å². The number of rotatable bonds is 6. The number of nitrogens with one attached hydrogen (secondary N) is 2. The molecule has 2 aromatic heterocycles. The molecule has 0 saturated heterocycles. The summed E-state index contributed by atoms with van der Waals surface area (Å²) in [5.74, 6) is 0.511. The number of alkyl halides is 3. The second kappa shape index (κ2) is 8.68. The maximum absolute atomic E-state index is 13.2. The van der Waals surface area contributed by atoms with E-state index in [1.807, 2.05) is 0 Å². The van der Waals surface area contributed by atoms with Crippen molar-refractivity contribution in [2.75, 3.05) is 19.0 Å². The average Bonchev–Trinajstić information content (AvgIpc) is 3.12. The fourth-order valence-electron chi connectivity index (χ4n) is 4.15. The van der Waals surface area contributed by atoms with Gasteiger partial charge < -0.3 is 19.8 Å². The summed E-state index contributed by atoms with van der Waals surface area (Å²) in [6.45, 7) is 2.11. The van der Waals surface area contributed by atoms with E-state index < -0.39 is 11.7 Å². The molecule has 1 aliphatic carbocycles.